The predicted octanol–water partition coefficient (Wildman–Crippen LogP) is 0.896. The normalized spacial score (nSPS) is 21.5. The first kappa shape index (κ1) is 19.7. The lowest BCUT2D eigenvalue weighted by Crippen LogP contribution is -2.37. The van der Waals surface area contributed by atoms with Crippen molar-refractivity contribution in [1.29, 1.82) is 0 Å². The topological polar surface area (TPSA) is 164 Å². The van der Waals surface area contributed by atoms with E-state index in [1.807, 2.05) is 0 Å². The second-order valence-corrected chi connectivity index (χ2v) is 8.92. The van der Waals surface area contributed by atoms with Crippen LogP contribution in [0.25, 0.3) is 0 Å². The average molecular weight is 358 g/mol. The Morgan fingerprint density at radius 3 is 2.05 bits per heavy atom. The maximum atomic E-state index is 11.4. The Hall–Kier alpha value is -0.340. The first-order valence-electron chi connectivity index (χ1n) is 7.11. The first-order valence-corrected chi connectivity index (χ1v) is 10.7. The fourth-order valence-corrected chi connectivity index (χ4v) is 4.88. The van der Waals surface area contributed by atoms with Crippen LogP contribution in [0.3, 0.4) is 0 Å². The zero-order chi connectivity index (χ0) is 16.7. The third-order valence-electron chi connectivity index (χ3n) is 3.34. The Kier molecular flexibility index (Phi) is 7.61. The van der Waals surface area contributed by atoms with Crippen molar-refractivity contribution in [2.75, 3.05) is 18.9 Å². The summed E-state index contributed by atoms with van der Waals surface area (Å²) >= 11 is 0. The molecular formula is C10H24N4O6P2. The molecule has 1 aliphatic heterocycles. The quantitative estimate of drug-likeness (QED) is 0.403. The van der Waals surface area contributed by atoms with Crippen LogP contribution < -0.4 is 11.0 Å². The maximum absolute atomic E-state index is 11.4. The van der Waals surface area contributed by atoms with Gasteiger partial charge in [-0.25, -0.2) is 11.0 Å². The third kappa shape index (κ3) is 8.95. The van der Waals surface area contributed by atoms with Crippen molar-refractivity contribution in [3.05, 3.63) is 0 Å². The van der Waals surface area contributed by atoms with Gasteiger partial charge in [0, 0.05) is 6.54 Å². The zero-order valence-corrected chi connectivity index (χ0v) is 14.0. The molecule has 1 aliphatic rings. The minimum atomic E-state index is -4.51. The lowest BCUT2D eigenvalue weighted by molar-refractivity contribution is 0.316. The van der Waals surface area contributed by atoms with Gasteiger partial charge in [-0.15, -0.1) is 0 Å². The van der Waals surface area contributed by atoms with Gasteiger partial charge in [-0.05, 0) is 12.8 Å². The molecule has 0 radical (unpaired) electrons. The van der Waals surface area contributed by atoms with Crippen molar-refractivity contribution in [3.63, 3.8) is 0 Å². The van der Waals surface area contributed by atoms with Crippen molar-refractivity contribution >= 4 is 15.2 Å². The van der Waals surface area contributed by atoms with Crippen LogP contribution in [0.15, 0.2) is 10.3 Å². The van der Waals surface area contributed by atoms with Gasteiger partial charge in [-0.3, -0.25) is 9.13 Å². The molecule has 0 aliphatic carbocycles. The highest BCUT2D eigenvalue weighted by molar-refractivity contribution is 7.53. The molecule has 1 rings (SSSR count). The SMILES string of the molecule is O=P(O)(O)CC1(CP(=O)(O)O)CCCCCCCNNN=N1. The van der Waals surface area contributed by atoms with Gasteiger partial charge in [0.05, 0.1) is 12.3 Å². The molecule has 22 heavy (non-hydrogen) atoms. The largest absolute Gasteiger partial charge is 0.328 e. The molecule has 0 aromatic rings. The van der Waals surface area contributed by atoms with E-state index in [9.17, 15) is 28.7 Å². The van der Waals surface area contributed by atoms with E-state index in [1.165, 1.54) is 0 Å². The average Bonchev–Trinajstić information content (AvgIpc) is 2.29. The molecule has 0 aromatic heterocycles. The zero-order valence-electron chi connectivity index (χ0n) is 12.3. The van der Waals surface area contributed by atoms with Crippen LogP contribution in [0.1, 0.15) is 38.5 Å². The summed E-state index contributed by atoms with van der Waals surface area (Å²) in [5.41, 5.74) is 3.62. The van der Waals surface area contributed by atoms with E-state index < -0.39 is 33.1 Å². The van der Waals surface area contributed by atoms with E-state index in [2.05, 4.69) is 21.3 Å². The van der Waals surface area contributed by atoms with Crippen molar-refractivity contribution < 1.29 is 28.7 Å². The van der Waals surface area contributed by atoms with Crippen LogP contribution in [0, 0.1) is 0 Å². The Bertz CT molecular complexity index is 438. The van der Waals surface area contributed by atoms with Gasteiger partial charge in [0.2, 0.25) is 0 Å². The molecule has 0 spiro atoms. The van der Waals surface area contributed by atoms with Crippen LogP contribution in [0.4, 0.5) is 0 Å². The van der Waals surface area contributed by atoms with E-state index in [0.29, 0.717) is 13.0 Å². The summed E-state index contributed by atoms with van der Waals surface area (Å²) in [7, 11) is -9.02. The van der Waals surface area contributed by atoms with Crippen LogP contribution in [0.5, 0.6) is 0 Å². The van der Waals surface area contributed by atoms with Crippen LogP contribution in [-0.4, -0.2) is 44.0 Å². The fraction of sp³-hybridized carbons (Fsp3) is 1.00. The predicted molar refractivity (Wildman–Crippen MR) is 80.2 cm³/mol. The van der Waals surface area contributed by atoms with Crippen LogP contribution in [-0.2, 0) is 9.13 Å². The summed E-state index contributed by atoms with van der Waals surface area (Å²) in [4.78, 5) is 37.0. The van der Waals surface area contributed by atoms with Gasteiger partial charge < -0.3 is 19.6 Å². The summed E-state index contributed by atoms with van der Waals surface area (Å²) in [6.45, 7) is 0.656. The van der Waals surface area contributed by atoms with E-state index in [-0.39, 0.29) is 6.42 Å². The van der Waals surface area contributed by atoms with E-state index in [0.717, 1.165) is 25.7 Å². The molecule has 0 amide bonds. The molecule has 0 aromatic carbocycles. The molecule has 0 saturated heterocycles. The minimum Gasteiger partial charge on any atom is -0.324 e. The summed E-state index contributed by atoms with van der Waals surface area (Å²) < 4.78 is 22.7. The van der Waals surface area contributed by atoms with Gasteiger partial charge in [0.1, 0.15) is 5.54 Å². The Labute approximate surface area is 129 Å². The molecule has 0 fully saturated rings. The molecule has 1 heterocycles. The number of hydrogen-bond acceptors (Lipinski definition) is 6. The van der Waals surface area contributed by atoms with Crippen molar-refractivity contribution in [1.82, 2.24) is 11.0 Å². The standard InChI is InChI=1S/C10H24N4O6P2/c15-21(16,17)8-10(9-22(18,19)20)6-4-2-1-3-5-7-11-13-14-12-10/h1-9H2,(H,11,14)(H,12,13)(H2,15,16,17)(H2,18,19,20). The molecule has 6 N–H and O–H groups in total. The second-order valence-electron chi connectivity index (χ2n) is 5.63. The Morgan fingerprint density at radius 1 is 0.909 bits per heavy atom. The molecular weight excluding hydrogens is 334 g/mol. The maximum Gasteiger partial charge on any atom is 0.328 e. The number of rotatable bonds is 4. The number of nitrogens with one attached hydrogen (secondary N) is 2. The number of hydrogen-bond donors (Lipinski definition) is 6. The Balaban J connectivity index is 2.99. The van der Waals surface area contributed by atoms with E-state index in [4.69, 9.17) is 0 Å². The monoisotopic (exact) mass is 358 g/mol. The highest BCUT2D eigenvalue weighted by Gasteiger charge is 2.42. The van der Waals surface area contributed by atoms with Gasteiger partial charge in [-0.1, -0.05) is 30.9 Å². The van der Waals surface area contributed by atoms with Crippen molar-refractivity contribution in [2.45, 2.75) is 44.1 Å². The van der Waals surface area contributed by atoms with Gasteiger partial charge in [-0.2, -0.15) is 5.11 Å². The first-order chi connectivity index (χ1) is 10.1. The minimum absolute atomic E-state index is 0.161. The molecule has 0 saturated carbocycles. The van der Waals surface area contributed by atoms with Gasteiger partial charge in [0.15, 0.2) is 0 Å². The molecule has 0 atom stereocenters. The second kappa shape index (κ2) is 8.49. The summed E-state index contributed by atoms with van der Waals surface area (Å²) in [6, 6.07) is 0. The smallest absolute Gasteiger partial charge is 0.324 e. The molecule has 130 valence electrons. The van der Waals surface area contributed by atoms with Crippen molar-refractivity contribution in [2.24, 2.45) is 10.3 Å². The van der Waals surface area contributed by atoms with Crippen molar-refractivity contribution in [3.8, 4) is 0 Å². The summed E-state index contributed by atoms with van der Waals surface area (Å²) in [6.07, 6.45) is 2.97. The number of nitrogens with zero attached hydrogens (tertiary/aromatic N) is 2. The molecule has 12 heteroatoms. The number of hydrazine groups is 1. The Morgan fingerprint density at radius 2 is 1.45 bits per heavy atom. The molecule has 0 bridgehead atoms. The highest BCUT2D eigenvalue weighted by Crippen LogP contribution is 2.48. The van der Waals surface area contributed by atoms with E-state index >= 15 is 0 Å². The lowest BCUT2D eigenvalue weighted by atomic mass is 9.96. The summed E-state index contributed by atoms with van der Waals surface area (Å²) in [5.74, 6) is 0. The van der Waals surface area contributed by atoms with Gasteiger partial charge >= 0.3 is 15.2 Å². The molecule has 0 unspecified atom stereocenters. The third-order valence-corrected chi connectivity index (χ3v) is 5.34. The van der Waals surface area contributed by atoms with Crippen LogP contribution in [0.2, 0.25) is 0 Å². The highest BCUT2D eigenvalue weighted by atomic mass is 31.2. The lowest BCUT2D eigenvalue weighted by Gasteiger charge is -2.29. The molecule has 10 nitrogen and oxygen atoms in total. The van der Waals surface area contributed by atoms with E-state index in [1.54, 1.807) is 0 Å². The summed E-state index contributed by atoms with van der Waals surface area (Å²) in [5, 5.41) is 7.43. The van der Waals surface area contributed by atoms with Crippen LogP contribution >= 0.6 is 15.2 Å². The fourth-order valence-electron chi connectivity index (χ4n) is 2.51. The van der Waals surface area contributed by atoms with Gasteiger partial charge in [0.25, 0.3) is 0 Å².